The summed E-state index contributed by atoms with van der Waals surface area (Å²) in [5.41, 5.74) is 9.74. The van der Waals surface area contributed by atoms with Crippen molar-refractivity contribution in [3.8, 4) is 0 Å². The van der Waals surface area contributed by atoms with Gasteiger partial charge in [-0.2, -0.15) is 0 Å². The SMILES string of the molecule is CC(Nc1c(N)cnc2ccccc12)c1ccc(Cl)cc1. The van der Waals surface area contributed by atoms with Gasteiger partial charge in [0, 0.05) is 16.5 Å². The zero-order valence-corrected chi connectivity index (χ0v) is 12.4. The fraction of sp³-hybridized carbons (Fsp3) is 0.118. The van der Waals surface area contributed by atoms with Crippen molar-refractivity contribution in [1.82, 2.24) is 4.98 Å². The van der Waals surface area contributed by atoms with E-state index in [0.29, 0.717) is 5.69 Å². The maximum Gasteiger partial charge on any atom is 0.0743 e. The van der Waals surface area contributed by atoms with Crippen molar-refractivity contribution < 1.29 is 0 Å². The topological polar surface area (TPSA) is 50.9 Å². The Morgan fingerprint density at radius 3 is 2.57 bits per heavy atom. The first-order valence-electron chi connectivity index (χ1n) is 6.80. The summed E-state index contributed by atoms with van der Waals surface area (Å²) in [5.74, 6) is 0. The van der Waals surface area contributed by atoms with E-state index in [1.54, 1.807) is 6.20 Å². The van der Waals surface area contributed by atoms with Crippen molar-refractivity contribution in [3.05, 3.63) is 65.3 Å². The summed E-state index contributed by atoms with van der Waals surface area (Å²) in [6, 6.07) is 15.9. The lowest BCUT2D eigenvalue weighted by molar-refractivity contribution is 0.887. The number of pyridine rings is 1. The van der Waals surface area contributed by atoms with E-state index in [1.807, 2.05) is 48.5 Å². The fourth-order valence-corrected chi connectivity index (χ4v) is 2.50. The molecule has 0 aliphatic carbocycles. The van der Waals surface area contributed by atoms with Crippen LogP contribution in [0.2, 0.25) is 5.02 Å². The molecule has 4 heteroatoms. The van der Waals surface area contributed by atoms with Gasteiger partial charge >= 0.3 is 0 Å². The van der Waals surface area contributed by atoms with Crippen molar-refractivity contribution in [2.75, 3.05) is 11.1 Å². The van der Waals surface area contributed by atoms with E-state index in [4.69, 9.17) is 17.3 Å². The Balaban J connectivity index is 1.97. The van der Waals surface area contributed by atoms with Crippen molar-refractivity contribution >= 4 is 33.9 Å². The molecule has 0 spiro atoms. The van der Waals surface area contributed by atoms with E-state index in [9.17, 15) is 0 Å². The maximum absolute atomic E-state index is 6.09. The molecule has 3 rings (SSSR count). The first kappa shape index (κ1) is 13.7. The highest BCUT2D eigenvalue weighted by Crippen LogP contribution is 2.31. The summed E-state index contributed by atoms with van der Waals surface area (Å²) in [5, 5.41) is 5.24. The van der Waals surface area contributed by atoms with Crippen LogP contribution >= 0.6 is 11.6 Å². The molecule has 1 aromatic heterocycles. The van der Waals surface area contributed by atoms with Crippen LogP contribution in [0.25, 0.3) is 10.9 Å². The third-order valence-corrected chi connectivity index (χ3v) is 3.79. The van der Waals surface area contributed by atoms with E-state index in [-0.39, 0.29) is 6.04 Å². The molecule has 106 valence electrons. The van der Waals surface area contributed by atoms with Crippen LogP contribution < -0.4 is 11.1 Å². The van der Waals surface area contributed by atoms with Gasteiger partial charge in [-0.15, -0.1) is 0 Å². The Labute approximate surface area is 128 Å². The molecule has 0 bridgehead atoms. The normalized spacial score (nSPS) is 12.3. The van der Waals surface area contributed by atoms with Crippen molar-refractivity contribution in [3.63, 3.8) is 0 Å². The number of rotatable bonds is 3. The van der Waals surface area contributed by atoms with Crippen molar-refractivity contribution in [2.24, 2.45) is 0 Å². The molecule has 0 amide bonds. The van der Waals surface area contributed by atoms with E-state index in [2.05, 4.69) is 17.2 Å². The van der Waals surface area contributed by atoms with E-state index in [1.165, 1.54) is 0 Å². The number of nitrogens with two attached hydrogens (primary N) is 1. The smallest absolute Gasteiger partial charge is 0.0743 e. The third-order valence-electron chi connectivity index (χ3n) is 3.54. The molecule has 3 aromatic rings. The lowest BCUT2D eigenvalue weighted by Gasteiger charge is -2.18. The summed E-state index contributed by atoms with van der Waals surface area (Å²) >= 11 is 5.93. The molecule has 3 nitrogen and oxygen atoms in total. The Kier molecular flexibility index (Phi) is 3.67. The number of hydrogen-bond acceptors (Lipinski definition) is 3. The number of hydrogen-bond donors (Lipinski definition) is 2. The van der Waals surface area contributed by atoms with Crippen molar-refractivity contribution in [2.45, 2.75) is 13.0 Å². The Morgan fingerprint density at radius 1 is 1.10 bits per heavy atom. The molecule has 1 atom stereocenters. The Morgan fingerprint density at radius 2 is 1.81 bits per heavy atom. The molecule has 0 radical (unpaired) electrons. The average Bonchev–Trinajstić information content (AvgIpc) is 2.51. The summed E-state index contributed by atoms with van der Waals surface area (Å²) in [4.78, 5) is 4.35. The summed E-state index contributed by atoms with van der Waals surface area (Å²) in [6.45, 7) is 2.10. The van der Waals surface area contributed by atoms with Crippen LogP contribution in [0.4, 0.5) is 11.4 Å². The quantitative estimate of drug-likeness (QED) is 0.740. The lowest BCUT2D eigenvalue weighted by Crippen LogP contribution is -2.09. The number of halogens is 1. The number of anilines is 2. The zero-order valence-electron chi connectivity index (χ0n) is 11.7. The highest BCUT2D eigenvalue weighted by molar-refractivity contribution is 6.30. The molecule has 1 heterocycles. The number of para-hydroxylation sites is 1. The van der Waals surface area contributed by atoms with Gasteiger partial charge in [0.15, 0.2) is 0 Å². The van der Waals surface area contributed by atoms with Crippen LogP contribution in [0, 0.1) is 0 Å². The Bertz CT molecular complexity index is 769. The lowest BCUT2D eigenvalue weighted by atomic mass is 10.1. The minimum Gasteiger partial charge on any atom is -0.396 e. The van der Waals surface area contributed by atoms with Gasteiger partial charge in [0.05, 0.1) is 23.1 Å². The number of nitrogen functional groups attached to an aromatic ring is 1. The fourth-order valence-electron chi connectivity index (χ4n) is 2.37. The monoisotopic (exact) mass is 297 g/mol. The van der Waals surface area contributed by atoms with Crippen LogP contribution in [0.5, 0.6) is 0 Å². The van der Waals surface area contributed by atoms with Gasteiger partial charge in [0.1, 0.15) is 0 Å². The van der Waals surface area contributed by atoms with Crippen molar-refractivity contribution in [1.29, 1.82) is 0 Å². The second-order valence-electron chi connectivity index (χ2n) is 5.02. The van der Waals surface area contributed by atoms with Crippen LogP contribution in [-0.2, 0) is 0 Å². The number of benzene rings is 2. The minimum absolute atomic E-state index is 0.121. The van der Waals surface area contributed by atoms with E-state index in [0.717, 1.165) is 27.2 Å². The van der Waals surface area contributed by atoms with Crippen LogP contribution in [0.3, 0.4) is 0 Å². The van der Waals surface area contributed by atoms with Crippen LogP contribution in [0.15, 0.2) is 54.7 Å². The largest absolute Gasteiger partial charge is 0.396 e. The third kappa shape index (κ3) is 2.78. The summed E-state index contributed by atoms with van der Waals surface area (Å²) in [6.07, 6.45) is 1.69. The van der Waals surface area contributed by atoms with Gasteiger partial charge in [-0.1, -0.05) is 41.9 Å². The first-order valence-corrected chi connectivity index (χ1v) is 7.18. The molecule has 3 N–H and O–H groups in total. The second-order valence-corrected chi connectivity index (χ2v) is 5.46. The first-order chi connectivity index (χ1) is 10.1. The van der Waals surface area contributed by atoms with Gasteiger partial charge in [-0.25, -0.2) is 0 Å². The Hall–Kier alpha value is -2.26. The van der Waals surface area contributed by atoms with E-state index < -0.39 is 0 Å². The number of fused-ring (bicyclic) bond motifs is 1. The summed E-state index contributed by atoms with van der Waals surface area (Å²) < 4.78 is 0. The van der Waals surface area contributed by atoms with Gasteiger partial charge in [0.25, 0.3) is 0 Å². The highest BCUT2D eigenvalue weighted by atomic mass is 35.5. The standard InChI is InChI=1S/C17H16ClN3/c1-11(12-6-8-13(18)9-7-12)21-17-14-4-2-3-5-16(14)20-10-15(17)19/h2-11H,19H2,1H3,(H,20,21). The molecule has 0 aliphatic heterocycles. The van der Waals surface area contributed by atoms with Crippen LogP contribution in [-0.4, -0.2) is 4.98 Å². The predicted molar refractivity (Wildman–Crippen MR) is 89.6 cm³/mol. The zero-order chi connectivity index (χ0) is 14.8. The minimum atomic E-state index is 0.121. The number of aromatic nitrogens is 1. The van der Waals surface area contributed by atoms with Gasteiger partial charge < -0.3 is 11.1 Å². The van der Waals surface area contributed by atoms with Gasteiger partial charge in [-0.05, 0) is 30.7 Å². The van der Waals surface area contributed by atoms with Gasteiger partial charge in [0.2, 0.25) is 0 Å². The number of nitrogens with one attached hydrogen (secondary N) is 1. The van der Waals surface area contributed by atoms with E-state index >= 15 is 0 Å². The van der Waals surface area contributed by atoms with Crippen LogP contribution in [0.1, 0.15) is 18.5 Å². The number of nitrogens with zero attached hydrogens (tertiary/aromatic N) is 1. The van der Waals surface area contributed by atoms with Gasteiger partial charge in [-0.3, -0.25) is 4.98 Å². The molecule has 21 heavy (non-hydrogen) atoms. The average molecular weight is 298 g/mol. The summed E-state index contributed by atoms with van der Waals surface area (Å²) in [7, 11) is 0. The molecule has 1 unspecified atom stereocenters. The highest BCUT2D eigenvalue weighted by Gasteiger charge is 2.11. The molecular formula is C17H16ClN3. The molecular weight excluding hydrogens is 282 g/mol. The predicted octanol–water partition coefficient (Wildman–Crippen LogP) is 4.64. The molecule has 0 saturated heterocycles. The molecule has 0 aliphatic rings. The molecule has 2 aromatic carbocycles. The maximum atomic E-state index is 6.09. The molecule has 0 saturated carbocycles. The second kappa shape index (κ2) is 5.62. The molecule has 0 fully saturated rings.